The number of hydrogen-bond donors (Lipinski definition) is 1. The molecule has 0 spiro atoms. The lowest BCUT2D eigenvalue weighted by atomic mass is 10.0. The highest BCUT2D eigenvalue weighted by atomic mass is 19.1. The molecule has 4 aromatic rings. The first-order valence-corrected chi connectivity index (χ1v) is 9.34. The number of nitrogens with one attached hydrogen (secondary N) is 1. The maximum Gasteiger partial charge on any atom is 0.170 e. The largest absolute Gasteiger partial charge is 0.496 e. The molecule has 150 valence electrons. The molecular weight excluding hydrogens is 383 g/mol. The molecule has 3 aromatic heterocycles. The number of nitriles is 1. The van der Waals surface area contributed by atoms with Crippen molar-refractivity contribution in [2.24, 2.45) is 0 Å². The van der Waals surface area contributed by atoms with Gasteiger partial charge in [-0.15, -0.1) is 10.2 Å². The van der Waals surface area contributed by atoms with E-state index >= 15 is 0 Å². The smallest absolute Gasteiger partial charge is 0.170 e. The van der Waals surface area contributed by atoms with Crippen molar-refractivity contribution in [3.63, 3.8) is 0 Å². The van der Waals surface area contributed by atoms with Crippen LogP contribution in [0.3, 0.4) is 0 Å². The fourth-order valence-electron chi connectivity index (χ4n) is 3.42. The van der Waals surface area contributed by atoms with Crippen molar-refractivity contribution in [1.29, 1.82) is 5.26 Å². The van der Waals surface area contributed by atoms with Crippen LogP contribution in [0.2, 0.25) is 0 Å². The highest BCUT2D eigenvalue weighted by Gasteiger charge is 2.14. The van der Waals surface area contributed by atoms with E-state index in [9.17, 15) is 4.39 Å². The Labute approximate surface area is 172 Å². The molecule has 4 rings (SSSR count). The van der Waals surface area contributed by atoms with E-state index < -0.39 is 0 Å². The normalized spacial score (nSPS) is 10.7. The van der Waals surface area contributed by atoms with Crippen LogP contribution in [0.4, 0.5) is 10.2 Å². The summed E-state index contributed by atoms with van der Waals surface area (Å²) < 4.78 is 21.3. The van der Waals surface area contributed by atoms with E-state index in [1.165, 1.54) is 13.2 Å². The summed E-state index contributed by atoms with van der Waals surface area (Å²) in [4.78, 5) is 4.51. The molecule has 0 unspecified atom stereocenters. The zero-order valence-corrected chi connectivity index (χ0v) is 16.6. The van der Waals surface area contributed by atoms with Gasteiger partial charge in [-0.1, -0.05) is 12.1 Å². The molecule has 1 N–H and O–H groups in total. The number of halogens is 1. The number of benzene rings is 1. The molecule has 0 aliphatic rings. The van der Waals surface area contributed by atoms with Gasteiger partial charge in [0.05, 0.1) is 25.3 Å². The van der Waals surface area contributed by atoms with Crippen molar-refractivity contribution in [2.45, 2.75) is 19.9 Å². The van der Waals surface area contributed by atoms with Crippen molar-refractivity contribution in [3.8, 4) is 22.9 Å². The average molecular weight is 402 g/mol. The predicted molar refractivity (Wildman–Crippen MR) is 111 cm³/mol. The number of anilines is 1. The fourth-order valence-corrected chi connectivity index (χ4v) is 3.42. The van der Waals surface area contributed by atoms with Crippen LogP contribution in [0.25, 0.3) is 16.8 Å². The second-order valence-corrected chi connectivity index (χ2v) is 6.70. The van der Waals surface area contributed by atoms with E-state index in [1.54, 1.807) is 18.5 Å². The van der Waals surface area contributed by atoms with E-state index in [0.29, 0.717) is 17.0 Å². The highest BCUT2D eigenvalue weighted by Crippen LogP contribution is 2.29. The molecule has 0 saturated heterocycles. The standard InChI is InChI=1S/C22H19FN6O/c1-14-16(7-6-15(27-14)10-11-24)17-8-9-21(29-13-26-28-22(17)29)25-12-18-19(23)4-3-5-20(18)30-2/h3-9,13,25H,10,12H2,1-2H3. The van der Waals surface area contributed by atoms with Gasteiger partial charge in [0.2, 0.25) is 0 Å². The minimum absolute atomic E-state index is 0.242. The van der Waals surface area contributed by atoms with Gasteiger partial charge in [-0.3, -0.25) is 9.38 Å². The van der Waals surface area contributed by atoms with Gasteiger partial charge in [-0.25, -0.2) is 4.39 Å². The van der Waals surface area contributed by atoms with Crippen LogP contribution >= 0.6 is 0 Å². The predicted octanol–water partition coefficient (Wildman–Crippen LogP) is 3.93. The molecule has 30 heavy (non-hydrogen) atoms. The van der Waals surface area contributed by atoms with E-state index in [1.807, 2.05) is 35.6 Å². The third-order valence-corrected chi connectivity index (χ3v) is 4.89. The van der Waals surface area contributed by atoms with Crippen LogP contribution in [0, 0.1) is 24.1 Å². The third-order valence-electron chi connectivity index (χ3n) is 4.89. The van der Waals surface area contributed by atoms with Crippen molar-refractivity contribution >= 4 is 11.5 Å². The number of rotatable bonds is 6. The minimum Gasteiger partial charge on any atom is -0.496 e. The molecule has 0 amide bonds. The number of methoxy groups -OCH3 is 1. The minimum atomic E-state index is -0.336. The van der Waals surface area contributed by atoms with Gasteiger partial charge in [0.25, 0.3) is 0 Å². The van der Waals surface area contributed by atoms with Crippen molar-refractivity contribution < 1.29 is 9.13 Å². The summed E-state index contributed by atoms with van der Waals surface area (Å²) in [5, 5.41) is 20.4. The summed E-state index contributed by atoms with van der Waals surface area (Å²) in [6.45, 7) is 2.14. The Bertz CT molecular complexity index is 1260. The number of nitrogens with zero attached hydrogens (tertiary/aromatic N) is 5. The summed E-state index contributed by atoms with van der Waals surface area (Å²) >= 11 is 0. The van der Waals surface area contributed by atoms with Crippen LogP contribution in [0.15, 0.2) is 48.8 Å². The van der Waals surface area contributed by atoms with E-state index in [2.05, 4.69) is 26.6 Å². The van der Waals surface area contributed by atoms with Gasteiger partial charge in [-0.05, 0) is 37.3 Å². The molecule has 0 aliphatic heterocycles. The molecule has 0 saturated carbocycles. The maximum atomic E-state index is 14.2. The molecule has 7 nitrogen and oxygen atoms in total. The number of aryl methyl sites for hydroxylation is 1. The molecule has 3 heterocycles. The maximum absolute atomic E-state index is 14.2. The first-order valence-electron chi connectivity index (χ1n) is 9.34. The van der Waals surface area contributed by atoms with Gasteiger partial charge >= 0.3 is 0 Å². The fraction of sp³-hybridized carbons (Fsp3) is 0.182. The Balaban J connectivity index is 1.68. The van der Waals surface area contributed by atoms with Gasteiger partial charge in [-0.2, -0.15) is 5.26 Å². The summed E-state index contributed by atoms with van der Waals surface area (Å²) in [5.41, 5.74) is 4.42. The molecule has 0 bridgehead atoms. The zero-order valence-electron chi connectivity index (χ0n) is 16.6. The Hall–Kier alpha value is -3.99. The summed E-state index contributed by atoms with van der Waals surface area (Å²) in [5.74, 6) is 0.867. The van der Waals surface area contributed by atoms with E-state index in [4.69, 9.17) is 10.00 Å². The lowest BCUT2D eigenvalue weighted by Crippen LogP contribution is -2.07. The lowest BCUT2D eigenvalue weighted by molar-refractivity contribution is 0.405. The monoisotopic (exact) mass is 402 g/mol. The Morgan fingerprint density at radius 3 is 2.77 bits per heavy atom. The van der Waals surface area contributed by atoms with Crippen molar-refractivity contribution in [2.75, 3.05) is 12.4 Å². The highest BCUT2D eigenvalue weighted by molar-refractivity contribution is 5.80. The van der Waals surface area contributed by atoms with Crippen molar-refractivity contribution in [3.05, 3.63) is 71.6 Å². The topological polar surface area (TPSA) is 88.1 Å². The molecule has 0 atom stereocenters. The first kappa shape index (κ1) is 19.3. The second kappa shape index (κ2) is 8.17. The Morgan fingerprint density at radius 2 is 2.00 bits per heavy atom. The molecule has 0 fully saturated rings. The average Bonchev–Trinajstić information content (AvgIpc) is 3.23. The van der Waals surface area contributed by atoms with E-state index in [0.717, 1.165) is 28.3 Å². The number of ether oxygens (including phenoxy) is 1. The number of fused-ring (bicyclic) bond motifs is 1. The lowest BCUT2D eigenvalue weighted by Gasteiger charge is -2.14. The number of aromatic nitrogens is 4. The summed E-state index contributed by atoms with van der Waals surface area (Å²) in [6, 6.07) is 14.5. The van der Waals surface area contributed by atoms with Crippen LogP contribution in [0.5, 0.6) is 5.75 Å². The van der Waals surface area contributed by atoms with Crippen molar-refractivity contribution in [1.82, 2.24) is 19.6 Å². The molecule has 8 heteroatoms. The SMILES string of the molecule is COc1cccc(F)c1CNc1ccc(-c2ccc(CC#N)nc2C)c2nncn12. The van der Waals surface area contributed by atoms with Gasteiger partial charge in [0, 0.05) is 28.9 Å². The number of pyridine rings is 2. The van der Waals surface area contributed by atoms with E-state index in [-0.39, 0.29) is 18.8 Å². The molecule has 0 aliphatic carbocycles. The summed E-state index contributed by atoms with van der Waals surface area (Å²) in [7, 11) is 1.52. The van der Waals surface area contributed by atoms with Gasteiger partial charge in [0.1, 0.15) is 23.7 Å². The van der Waals surface area contributed by atoms with Crippen LogP contribution in [-0.2, 0) is 13.0 Å². The second-order valence-electron chi connectivity index (χ2n) is 6.70. The first-order chi connectivity index (χ1) is 14.6. The van der Waals surface area contributed by atoms with Crippen LogP contribution in [0.1, 0.15) is 17.0 Å². The Morgan fingerprint density at radius 1 is 1.17 bits per heavy atom. The van der Waals surface area contributed by atoms with Crippen LogP contribution in [-0.4, -0.2) is 26.7 Å². The molecular formula is C22H19FN6O. The Kier molecular flexibility index (Phi) is 5.26. The van der Waals surface area contributed by atoms with Gasteiger partial charge in [0.15, 0.2) is 5.65 Å². The quantitative estimate of drug-likeness (QED) is 0.526. The zero-order chi connectivity index (χ0) is 21.1. The molecule has 1 aromatic carbocycles. The number of hydrogen-bond acceptors (Lipinski definition) is 6. The van der Waals surface area contributed by atoms with Gasteiger partial charge < -0.3 is 10.1 Å². The molecule has 0 radical (unpaired) electrons. The van der Waals surface area contributed by atoms with Crippen LogP contribution < -0.4 is 10.1 Å². The summed E-state index contributed by atoms with van der Waals surface area (Å²) in [6.07, 6.45) is 1.87. The third kappa shape index (κ3) is 3.53.